The second-order valence-corrected chi connectivity index (χ2v) is 11.0. The van der Waals surface area contributed by atoms with Gasteiger partial charge in [-0.15, -0.1) is 0 Å². The fourth-order valence-electron chi connectivity index (χ4n) is 5.00. The van der Waals surface area contributed by atoms with Crippen molar-refractivity contribution in [1.82, 2.24) is 10.2 Å². The van der Waals surface area contributed by atoms with Crippen LogP contribution in [-0.4, -0.2) is 55.2 Å². The molecule has 0 atom stereocenters. The van der Waals surface area contributed by atoms with E-state index in [1.54, 1.807) is 61.7 Å². The number of anilines is 2. The van der Waals surface area contributed by atoms with Crippen LogP contribution in [0.4, 0.5) is 16.2 Å². The standard InChI is InChI=1S/C34H44N4O5/c1-6-25(7-2)36-34(40)37-27-12-17-31(41-5)32(22-27)43-29-15-10-26(11-16-29)35-33(39)24-8-13-28(14-9-24)42-30-18-20-38(21-19-30)23(3)4/h8-17,22-23,25,30H,6-7,18-21H2,1-5H3,(H,35,39)(H2,36,37,40). The number of amides is 3. The lowest BCUT2D eigenvalue weighted by molar-refractivity contribution is 0.0843. The molecule has 1 fully saturated rings. The minimum Gasteiger partial charge on any atom is -0.493 e. The van der Waals surface area contributed by atoms with E-state index in [1.165, 1.54) is 0 Å². The Morgan fingerprint density at radius 1 is 0.837 bits per heavy atom. The Morgan fingerprint density at radius 3 is 2.07 bits per heavy atom. The van der Waals surface area contributed by atoms with Crippen molar-refractivity contribution in [3.63, 3.8) is 0 Å². The van der Waals surface area contributed by atoms with E-state index in [0.29, 0.717) is 40.2 Å². The van der Waals surface area contributed by atoms with Gasteiger partial charge in [0.1, 0.15) is 17.6 Å². The minimum atomic E-state index is -0.269. The Morgan fingerprint density at radius 2 is 1.47 bits per heavy atom. The van der Waals surface area contributed by atoms with Gasteiger partial charge in [0.2, 0.25) is 0 Å². The minimum absolute atomic E-state index is 0.115. The molecule has 0 aromatic heterocycles. The lowest BCUT2D eigenvalue weighted by Crippen LogP contribution is -2.41. The quantitative estimate of drug-likeness (QED) is 0.205. The van der Waals surface area contributed by atoms with Crippen LogP contribution in [0.2, 0.25) is 0 Å². The summed E-state index contributed by atoms with van der Waals surface area (Å²) in [5.74, 6) is 2.10. The molecule has 1 saturated heterocycles. The van der Waals surface area contributed by atoms with Crippen LogP contribution < -0.4 is 30.2 Å². The van der Waals surface area contributed by atoms with Crippen molar-refractivity contribution in [2.75, 3.05) is 30.8 Å². The number of carbonyl (C=O) groups is 2. The van der Waals surface area contributed by atoms with E-state index in [4.69, 9.17) is 14.2 Å². The lowest BCUT2D eigenvalue weighted by atomic mass is 10.1. The Hall–Kier alpha value is -4.24. The Labute approximate surface area is 254 Å². The van der Waals surface area contributed by atoms with E-state index >= 15 is 0 Å². The molecule has 1 aliphatic rings. The maximum Gasteiger partial charge on any atom is 0.319 e. The first-order valence-corrected chi connectivity index (χ1v) is 15.1. The Balaban J connectivity index is 1.31. The highest BCUT2D eigenvalue weighted by atomic mass is 16.5. The van der Waals surface area contributed by atoms with E-state index in [2.05, 4.69) is 34.7 Å². The molecule has 0 unspecified atom stereocenters. The molecule has 4 rings (SSSR count). The topological polar surface area (TPSA) is 101 Å². The van der Waals surface area contributed by atoms with Crippen LogP contribution in [0, 0.1) is 0 Å². The third-order valence-electron chi connectivity index (χ3n) is 7.71. The Bertz CT molecular complexity index is 1330. The van der Waals surface area contributed by atoms with Crippen molar-refractivity contribution in [2.24, 2.45) is 0 Å². The molecule has 3 aromatic rings. The molecule has 0 bridgehead atoms. The molecule has 230 valence electrons. The van der Waals surface area contributed by atoms with Crippen molar-refractivity contribution in [1.29, 1.82) is 0 Å². The zero-order valence-electron chi connectivity index (χ0n) is 25.8. The zero-order valence-corrected chi connectivity index (χ0v) is 25.8. The number of benzene rings is 3. The SMILES string of the molecule is CCC(CC)NC(=O)Nc1ccc(OC)c(Oc2ccc(NC(=O)c3ccc(OC4CCN(C(C)C)CC4)cc3)cc2)c1. The number of ether oxygens (including phenoxy) is 3. The molecule has 1 aliphatic heterocycles. The number of likely N-dealkylation sites (tertiary alicyclic amines) is 1. The smallest absolute Gasteiger partial charge is 0.319 e. The van der Waals surface area contributed by atoms with Crippen molar-refractivity contribution in [3.05, 3.63) is 72.3 Å². The molecule has 3 N–H and O–H groups in total. The molecule has 9 nitrogen and oxygen atoms in total. The van der Waals surface area contributed by atoms with Gasteiger partial charge in [0.05, 0.1) is 7.11 Å². The lowest BCUT2D eigenvalue weighted by Gasteiger charge is -2.34. The summed E-state index contributed by atoms with van der Waals surface area (Å²) in [6.07, 6.45) is 3.93. The normalized spacial score (nSPS) is 13.9. The summed E-state index contributed by atoms with van der Waals surface area (Å²) in [6, 6.07) is 19.9. The first-order chi connectivity index (χ1) is 20.8. The molecular weight excluding hydrogens is 544 g/mol. The van der Waals surface area contributed by atoms with E-state index in [0.717, 1.165) is 44.5 Å². The van der Waals surface area contributed by atoms with E-state index in [1.807, 2.05) is 26.0 Å². The number of nitrogens with zero attached hydrogens (tertiary/aromatic N) is 1. The molecule has 43 heavy (non-hydrogen) atoms. The maximum absolute atomic E-state index is 12.9. The third kappa shape index (κ3) is 9.12. The van der Waals surface area contributed by atoms with E-state index < -0.39 is 0 Å². The van der Waals surface area contributed by atoms with Gasteiger partial charge in [0.15, 0.2) is 11.5 Å². The summed E-state index contributed by atoms with van der Waals surface area (Å²) in [7, 11) is 1.56. The largest absolute Gasteiger partial charge is 0.493 e. The van der Waals surface area contributed by atoms with E-state index in [9.17, 15) is 9.59 Å². The van der Waals surface area contributed by atoms with Gasteiger partial charge in [-0.05, 0) is 100 Å². The molecular formula is C34H44N4O5. The summed E-state index contributed by atoms with van der Waals surface area (Å²) in [4.78, 5) is 27.7. The summed E-state index contributed by atoms with van der Waals surface area (Å²) >= 11 is 0. The van der Waals surface area contributed by atoms with E-state index in [-0.39, 0.29) is 24.1 Å². The third-order valence-corrected chi connectivity index (χ3v) is 7.71. The molecule has 1 heterocycles. The van der Waals surface area contributed by atoms with Crippen molar-refractivity contribution < 1.29 is 23.8 Å². The monoisotopic (exact) mass is 588 g/mol. The van der Waals surface area contributed by atoms with Crippen molar-refractivity contribution in [3.8, 4) is 23.0 Å². The van der Waals surface area contributed by atoms with Gasteiger partial charge in [-0.3, -0.25) is 4.79 Å². The number of hydrogen-bond donors (Lipinski definition) is 3. The van der Waals surface area contributed by atoms with Crippen LogP contribution >= 0.6 is 0 Å². The molecule has 0 aliphatic carbocycles. The number of urea groups is 1. The van der Waals surface area contributed by atoms with Crippen molar-refractivity contribution >= 4 is 23.3 Å². The van der Waals surface area contributed by atoms with Crippen LogP contribution in [0.25, 0.3) is 0 Å². The van der Waals surface area contributed by atoms with Gasteiger partial charge < -0.3 is 35.1 Å². The molecule has 3 amide bonds. The molecule has 0 spiro atoms. The van der Waals surface area contributed by atoms with Crippen LogP contribution in [0.5, 0.6) is 23.0 Å². The first kappa shape index (κ1) is 31.7. The molecule has 9 heteroatoms. The predicted octanol–water partition coefficient (Wildman–Crippen LogP) is 7.30. The van der Waals surface area contributed by atoms with Crippen LogP contribution in [0.1, 0.15) is 63.7 Å². The fraction of sp³-hybridized carbons (Fsp3) is 0.412. The van der Waals surface area contributed by atoms with Gasteiger partial charge in [0.25, 0.3) is 5.91 Å². The van der Waals surface area contributed by atoms with Crippen LogP contribution in [0.15, 0.2) is 66.7 Å². The fourth-order valence-corrected chi connectivity index (χ4v) is 5.00. The Kier molecular flexibility index (Phi) is 11.3. The summed E-state index contributed by atoms with van der Waals surface area (Å²) in [6.45, 7) is 10.6. The van der Waals surface area contributed by atoms with Gasteiger partial charge >= 0.3 is 6.03 Å². The second kappa shape index (κ2) is 15.3. The zero-order chi connectivity index (χ0) is 30.8. The van der Waals surface area contributed by atoms with Crippen LogP contribution in [0.3, 0.4) is 0 Å². The summed E-state index contributed by atoms with van der Waals surface area (Å²) in [5.41, 5.74) is 1.76. The summed E-state index contributed by atoms with van der Waals surface area (Å²) < 4.78 is 17.7. The number of methoxy groups -OCH3 is 1. The number of piperidine rings is 1. The number of hydrogen-bond acceptors (Lipinski definition) is 6. The number of rotatable bonds is 12. The molecule has 0 radical (unpaired) electrons. The van der Waals surface area contributed by atoms with Crippen molar-refractivity contribution in [2.45, 2.75) is 71.6 Å². The second-order valence-electron chi connectivity index (χ2n) is 11.0. The summed E-state index contributed by atoms with van der Waals surface area (Å²) in [5, 5.41) is 8.73. The highest BCUT2D eigenvalue weighted by Crippen LogP contribution is 2.34. The molecule has 0 saturated carbocycles. The maximum atomic E-state index is 12.9. The molecule has 3 aromatic carbocycles. The average Bonchev–Trinajstić information content (AvgIpc) is 3.01. The van der Waals surface area contributed by atoms with Gasteiger partial charge in [-0.2, -0.15) is 0 Å². The van der Waals surface area contributed by atoms with Crippen LogP contribution in [-0.2, 0) is 0 Å². The first-order valence-electron chi connectivity index (χ1n) is 15.1. The average molecular weight is 589 g/mol. The predicted molar refractivity (Wildman–Crippen MR) is 171 cm³/mol. The number of carbonyl (C=O) groups excluding carboxylic acids is 2. The number of nitrogens with one attached hydrogen (secondary N) is 3. The van der Waals surface area contributed by atoms with Gasteiger partial charge in [-0.25, -0.2) is 4.79 Å². The van der Waals surface area contributed by atoms with Gasteiger partial charge in [0, 0.05) is 48.2 Å². The highest BCUT2D eigenvalue weighted by molar-refractivity contribution is 6.04. The highest BCUT2D eigenvalue weighted by Gasteiger charge is 2.22. The van der Waals surface area contributed by atoms with Gasteiger partial charge in [-0.1, -0.05) is 13.8 Å².